The third-order valence-electron chi connectivity index (χ3n) is 4.30. The van der Waals surface area contributed by atoms with E-state index in [9.17, 15) is 0 Å². The minimum Gasteiger partial charge on any atom is -0.493 e. The van der Waals surface area contributed by atoms with E-state index in [0.29, 0.717) is 12.2 Å². The van der Waals surface area contributed by atoms with Crippen LogP contribution in [0, 0.1) is 0 Å². The molecule has 1 saturated heterocycles. The second-order valence-corrected chi connectivity index (χ2v) is 8.19. The second kappa shape index (κ2) is 7.87. The van der Waals surface area contributed by atoms with Crippen molar-refractivity contribution in [2.24, 2.45) is 0 Å². The molecule has 1 aromatic rings. The summed E-state index contributed by atoms with van der Waals surface area (Å²) in [6.07, 6.45) is 1.78. The molecule has 2 atom stereocenters. The molecule has 1 aliphatic heterocycles. The van der Waals surface area contributed by atoms with Crippen LogP contribution in [-0.2, 0) is 10.2 Å². The van der Waals surface area contributed by atoms with Crippen LogP contribution in [0.15, 0.2) is 18.2 Å². The Morgan fingerprint density at radius 2 is 1.87 bits per heavy atom. The molecule has 0 spiro atoms. The van der Waals surface area contributed by atoms with E-state index in [4.69, 9.17) is 21.1 Å². The van der Waals surface area contributed by atoms with Gasteiger partial charge in [-0.2, -0.15) is 0 Å². The van der Waals surface area contributed by atoms with Gasteiger partial charge < -0.3 is 14.4 Å². The lowest BCUT2D eigenvalue weighted by Crippen LogP contribution is -3.15. The molecule has 0 radical (unpaired) electrons. The number of morpholine rings is 1. The molecule has 2 rings (SSSR count). The maximum Gasteiger partial charge on any atom is 0.123 e. The zero-order valence-electron chi connectivity index (χ0n) is 15.1. The number of hydrogen-bond donors (Lipinski definition) is 1. The Morgan fingerprint density at radius 3 is 2.48 bits per heavy atom. The number of rotatable bonds is 5. The average Bonchev–Trinajstić information content (AvgIpc) is 2.42. The van der Waals surface area contributed by atoms with Gasteiger partial charge in [-0.25, -0.2) is 0 Å². The van der Waals surface area contributed by atoms with Crippen LogP contribution in [0.3, 0.4) is 0 Å². The van der Waals surface area contributed by atoms with Crippen molar-refractivity contribution in [3.63, 3.8) is 0 Å². The predicted molar refractivity (Wildman–Crippen MR) is 95.8 cm³/mol. The van der Waals surface area contributed by atoms with Gasteiger partial charge >= 0.3 is 0 Å². The zero-order valence-corrected chi connectivity index (χ0v) is 15.9. The van der Waals surface area contributed by atoms with Gasteiger partial charge in [-0.3, -0.25) is 0 Å². The van der Waals surface area contributed by atoms with Crippen LogP contribution in [0.1, 0.15) is 46.6 Å². The van der Waals surface area contributed by atoms with Crippen LogP contribution in [0.25, 0.3) is 0 Å². The maximum absolute atomic E-state index is 6.14. The first-order chi connectivity index (χ1) is 10.8. The zero-order chi connectivity index (χ0) is 17.0. The summed E-state index contributed by atoms with van der Waals surface area (Å²) in [6.45, 7) is 15.0. The molecule has 1 aliphatic rings. The van der Waals surface area contributed by atoms with E-state index in [1.165, 1.54) is 5.56 Å². The van der Waals surface area contributed by atoms with Crippen LogP contribution in [0.4, 0.5) is 0 Å². The highest BCUT2D eigenvalue weighted by Crippen LogP contribution is 2.33. The molecule has 1 N–H and O–H groups in total. The molecule has 0 saturated carbocycles. The third kappa shape index (κ3) is 5.66. The van der Waals surface area contributed by atoms with Crippen LogP contribution in [0.5, 0.6) is 5.75 Å². The number of quaternary nitrogens is 1. The van der Waals surface area contributed by atoms with Gasteiger partial charge in [0.2, 0.25) is 0 Å². The van der Waals surface area contributed by atoms with Crippen molar-refractivity contribution < 1.29 is 14.4 Å². The number of halogens is 1. The van der Waals surface area contributed by atoms with E-state index >= 15 is 0 Å². The maximum atomic E-state index is 6.14. The minimum absolute atomic E-state index is 0.0283. The molecule has 0 aromatic heterocycles. The first-order valence-electron chi connectivity index (χ1n) is 8.67. The highest BCUT2D eigenvalue weighted by molar-refractivity contribution is 6.30. The summed E-state index contributed by atoms with van der Waals surface area (Å²) in [5.41, 5.74) is 1.20. The highest BCUT2D eigenvalue weighted by atomic mass is 35.5. The molecule has 1 aromatic carbocycles. The quantitative estimate of drug-likeness (QED) is 0.832. The molecule has 130 valence electrons. The Labute approximate surface area is 145 Å². The lowest BCUT2D eigenvalue weighted by atomic mass is 9.86. The normalized spacial score (nSPS) is 25.4. The number of ether oxygens (including phenoxy) is 2. The second-order valence-electron chi connectivity index (χ2n) is 7.76. The number of hydrogen-bond acceptors (Lipinski definition) is 2. The van der Waals surface area contributed by atoms with E-state index in [-0.39, 0.29) is 5.41 Å². The Bertz CT molecular complexity index is 503. The van der Waals surface area contributed by atoms with Crippen molar-refractivity contribution in [3.8, 4) is 5.75 Å². The van der Waals surface area contributed by atoms with E-state index in [0.717, 1.165) is 43.4 Å². The fourth-order valence-corrected chi connectivity index (χ4v) is 3.48. The first-order valence-corrected chi connectivity index (χ1v) is 9.05. The van der Waals surface area contributed by atoms with Gasteiger partial charge in [0.15, 0.2) is 0 Å². The molecule has 1 fully saturated rings. The van der Waals surface area contributed by atoms with Crippen molar-refractivity contribution in [2.45, 2.75) is 58.7 Å². The fraction of sp³-hybridized carbons (Fsp3) is 0.684. The Balaban J connectivity index is 1.85. The lowest BCUT2D eigenvalue weighted by molar-refractivity contribution is -0.915. The molecule has 1 heterocycles. The Hall–Kier alpha value is -0.770. The van der Waals surface area contributed by atoms with Gasteiger partial charge in [0.25, 0.3) is 0 Å². The molecule has 23 heavy (non-hydrogen) atoms. The SMILES string of the molecule is C[C@H]1C[NH+](CCCOc2ccc(Cl)cc2C(C)(C)C)C[C@H](C)O1. The van der Waals surface area contributed by atoms with E-state index < -0.39 is 0 Å². The molecule has 0 bridgehead atoms. The van der Waals surface area contributed by atoms with E-state index in [1.807, 2.05) is 18.2 Å². The monoisotopic (exact) mass is 340 g/mol. The third-order valence-corrected chi connectivity index (χ3v) is 4.53. The summed E-state index contributed by atoms with van der Waals surface area (Å²) in [4.78, 5) is 1.62. The molecular formula is C19H31ClNO2+. The van der Waals surface area contributed by atoms with Gasteiger partial charge in [-0.05, 0) is 37.5 Å². The van der Waals surface area contributed by atoms with Crippen LogP contribution in [-0.4, -0.2) is 38.4 Å². The molecule has 0 unspecified atom stereocenters. The molecule has 0 aliphatic carbocycles. The smallest absolute Gasteiger partial charge is 0.123 e. The molecule has 0 amide bonds. The summed E-state index contributed by atoms with van der Waals surface area (Å²) in [6, 6.07) is 5.92. The highest BCUT2D eigenvalue weighted by Gasteiger charge is 2.25. The van der Waals surface area contributed by atoms with Crippen LogP contribution < -0.4 is 9.64 Å². The van der Waals surface area contributed by atoms with Crippen LogP contribution >= 0.6 is 11.6 Å². The van der Waals surface area contributed by atoms with Gasteiger partial charge in [-0.1, -0.05) is 32.4 Å². The largest absolute Gasteiger partial charge is 0.493 e. The Kier molecular flexibility index (Phi) is 6.35. The van der Waals surface area contributed by atoms with Crippen molar-refractivity contribution in [3.05, 3.63) is 28.8 Å². The van der Waals surface area contributed by atoms with Crippen molar-refractivity contribution in [1.29, 1.82) is 0 Å². The summed E-state index contributed by atoms with van der Waals surface area (Å²) in [5.74, 6) is 0.959. The predicted octanol–water partition coefficient (Wildman–Crippen LogP) is 3.10. The van der Waals surface area contributed by atoms with E-state index in [1.54, 1.807) is 4.90 Å². The van der Waals surface area contributed by atoms with Gasteiger partial charge in [0.05, 0.1) is 13.2 Å². The van der Waals surface area contributed by atoms with Crippen molar-refractivity contribution >= 4 is 11.6 Å². The van der Waals surface area contributed by atoms with Gasteiger partial charge in [0.1, 0.15) is 31.0 Å². The summed E-state index contributed by atoms with van der Waals surface area (Å²) in [5, 5.41) is 0.767. The lowest BCUT2D eigenvalue weighted by Gasteiger charge is -2.32. The summed E-state index contributed by atoms with van der Waals surface area (Å²) in [7, 11) is 0. The molecular weight excluding hydrogens is 310 g/mol. The summed E-state index contributed by atoms with van der Waals surface area (Å²) < 4.78 is 11.9. The molecule has 4 heteroatoms. The number of benzene rings is 1. The minimum atomic E-state index is 0.0283. The number of nitrogens with one attached hydrogen (secondary N) is 1. The van der Waals surface area contributed by atoms with Gasteiger partial charge in [0, 0.05) is 17.0 Å². The van der Waals surface area contributed by atoms with Crippen molar-refractivity contribution in [1.82, 2.24) is 0 Å². The average molecular weight is 341 g/mol. The molecule has 3 nitrogen and oxygen atoms in total. The fourth-order valence-electron chi connectivity index (χ4n) is 3.31. The standard InChI is InChI=1S/C19H30ClNO2/c1-14-12-21(13-15(2)23-14)9-6-10-22-18-8-7-16(20)11-17(18)19(3,4)5/h7-8,11,14-15H,6,9-10,12-13H2,1-5H3/p+1/t14-,15-/m0/s1. The summed E-state index contributed by atoms with van der Waals surface area (Å²) >= 11 is 6.14. The van der Waals surface area contributed by atoms with Crippen LogP contribution in [0.2, 0.25) is 5.02 Å². The topological polar surface area (TPSA) is 22.9 Å². The first kappa shape index (κ1) is 18.6. The Morgan fingerprint density at radius 1 is 1.22 bits per heavy atom. The van der Waals surface area contributed by atoms with Gasteiger partial charge in [-0.15, -0.1) is 0 Å². The van der Waals surface area contributed by atoms with E-state index in [2.05, 4.69) is 34.6 Å². The van der Waals surface area contributed by atoms with Crippen molar-refractivity contribution in [2.75, 3.05) is 26.2 Å².